The van der Waals surface area contributed by atoms with E-state index in [4.69, 9.17) is 0 Å². The Kier molecular flexibility index (Phi) is 4.88. The second-order valence-electron chi connectivity index (χ2n) is 6.67. The van der Waals surface area contributed by atoms with Gasteiger partial charge < -0.3 is 5.11 Å². The summed E-state index contributed by atoms with van der Waals surface area (Å²) in [4.78, 5) is 1.97. The first-order valence-corrected chi connectivity index (χ1v) is 8.38. The maximum Gasteiger partial charge on any atom is 0.433 e. The first-order valence-electron chi connectivity index (χ1n) is 8.38. The first kappa shape index (κ1) is 17.9. The van der Waals surface area contributed by atoms with E-state index >= 15 is 0 Å². The molecule has 1 aliphatic rings. The second-order valence-corrected chi connectivity index (χ2v) is 6.67. The predicted octanol–water partition coefficient (Wildman–Crippen LogP) is 3.31. The van der Waals surface area contributed by atoms with E-state index < -0.39 is 17.5 Å². The number of aryl methyl sites for hydroxylation is 1. The van der Waals surface area contributed by atoms with Crippen molar-refractivity contribution in [3.63, 3.8) is 0 Å². The fourth-order valence-electron chi connectivity index (χ4n) is 3.58. The molecule has 0 spiro atoms. The van der Waals surface area contributed by atoms with Gasteiger partial charge in [0, 0.05) is 25.7 Å². The molecule has 4 nitrogen and oxygen atoms in total. The average molecular weight is 353 g/mol. The van der Waals surface area contributed by atoms with Crippen molar-refractivity contribution >= 4 is 0 Å². The van der Waals surface area contributed by atoms with Crippen LogP contribution in [0.15, 0.2) is 36.5 Å². The number of hydrogen-bond acceptors (Lipinski definition) is 3. The number of halogens is 3. The van der Waals surface area contributed by atoms with E-state index in [1.807, 2.05) is 35.2 Å². The fraction of sp³-hybridized carbons (Fsp3) is 0.500. The van der Waals surface area contributed by atoms with Crippen LogP contribution in [0, 0.1) is 0 Å². The SMILES string of the molecule is Cn1ncc(CN2CCCC(O)(c3ccccc3)CC2)c1C(F)(F)F. The zero-order chi connectivity index (χ0) is 18.1. The Balaban J connectivity index is 1.73. The lowest BCUT2D eigenvalue weighted by atomic mass is 9.87. The summed E-state index contributed by atoms with van der Waals surface area (Å²) in [5, 5.41) is 14.7. The van der Waals surface area contributed by atoms with Crippen molar-refractivity contribution in [2.24, 2.45) is 7.05 Å². The molecule has 0 radical (unpaired) electrons. The predicted molar refractivity (Wildman–Crippen MR) is 87.7 cm³/mol. The van der Waals surface area contributed by atoms with Crippen molar-refractivity contribution in [1.82, 2.24) is 14.7 Å². The number of hydrogen-bond donors (Lipinski definition) is 1. The van der Waals surface area contributed by atoms with E-state index in [9.17, 15) is 18.3 Å². The van der Waals surface area contributed by atoms with Crippen LogP contribution in [0.3, 0.4) is 0 Å². The Morgan fingerprint density at radius 2 is 1.88 bits per heavy atom. The molecule has 1 aliphatic heterocycles. The summed E-state index contributed by atoms with van der Waals surface area (Å²) in [6, 6.07) is 9.48. The van der Waals surface area contributed by atoms with Gasteiger partial charge in [0.15, 0.2) is 0 Å². The normalized spacial score (nSPS) is 22.8. The van der Waals surface area contributed by atoms with Crippen LogP contribution >= 0.6 is 0 Å². The average Bonchev–Trinajstić information content (AvgIpc) is 2.82. The minimum absolute atomic E-state index is 0.181. The Morgan fingerprint density at radius 3 is 2.56 bits per heavy atom. The van der Waals surface area contributed by atoms with E-state index in [1.54, 1.807) is 0 Å². The molecule has 1 fully saturated rings. The molecule has 0 saturated carbocycles. The maximum atomic E-state index is 13.2. The monoisotopic (exact) mass is 353 g/mol. The van der Waals surface area contributed by atoms with Crippen molar-refractivity contribution < 1.29 is 18.3 Å². The lowest BCUT2D eigenvalue weighted by Crippen LogP contribution is -2.29. The molecule has 1 saturated heterocycles. The minimum Gasteiger partial charge on any atom is -0.385 e. The van der Waals surface area contributed by atoms with Crippen LogP contribution in [0.5, 0.6) is 0 Å². The summed E-state index contributed by atoms with van der Waals surface area (Å²) in [5.41, 5.74) is -0.568. The third-order valence-electron chi connectivity index (χ3n) is 4.89. The molecule has 136 valence electrons. The highest BCUT2D eigenvalue weighted by Crippen LogP contribution is 2.35. The van der Waals surface area contributed by atoms with Crippen LogP contribution in [0.4, 0.5) is 13.2 Å². The van der Waals surface area contributed by atoms with Gasteiger partial charge in [-0.15, -0.1) is 0 Å². The van der Waals surface area contributed by atoms with Gasteiger partial charge in [0.25, 0.3) is 0 Å². The summed E-state index contributed by atoms with van der Waals surface area (Å²) in [5.74, 6) is 0. The van der Waals surface area contributed by atoms with Crippen molar-refractivity contribution in [2.75, 3.05) is 13.1 Å². The topological polar surface area (TPSA) is 41.3 Å². The summed E-state index contributed by atoms with van der Waals surface area (Å²) in [6.45, 7) is 1.38. The Bertz CT molecular complexity index is 714. The summed E-state index contributed by atoms with van der Waals surface area (Å²) >= 11 is 0. The fourth-order valence-corrected chi connectivity index (χ4v) is 3.58. The molecule has 0 amide bonds. The number of aliphatic hydroxyl groups is 1. The summed E-state index contributed by atoms with van der Waals surface area (Å²) < 4.78 is 40.5. The molecule has 1 aromatic heterocycles. The van der Waals surface area contributed by atoms with Crippen LogP contribution in [-0.2, 0) is 25.4 Å². The standard InChI is InChI=1S/C18H22F3N3O/c1-23-16(18(19,20)21)14(12-22-23)13-24-10-5-8-17(25,9-11-24)15-6-3-2-4-7-15/h2-4,6-7,12,25H,5,8-11,13H2,1H3. The van der Waals surface area contributed by atoms with Crippen LogP contribution in [0.25, 0.3) is 0 Å². The van der Waals surface area contributed by atoms with Crippen LogP contribution in [-0.4, -0.2) is 32.9 Å². The van der Waals surface area contributed by atoms with Gasteiger partial charge >= 0.3 is 6.18 Å². The lowest BCUT2D eigenvalue weighted by molar-refractivity contribution is -0.144. The molecular weight excluding hydrogens is 331 g/mol. The van der Waals surface area contributed by atoms with Gasteiger partial charge in [-0.3, -0.25) is 9.58 Å². The molecule has 2 heterocycles. The van der Waals surface area contributed by atoms with E-state index in [-0.39, 0.29) is 12.1 Å². The van der Waals surface area contributed by atoms with Gasteiger partial charge in [-0.1, -0.05) is 30.3 Å². The molecule has 1 atom stereocenters. The Labute approximate surface area is 144 Å². The first-order chi connectivity index (χ1) is 11.8. The molecule has 1 unspecified atom stereocenters. The van der Waals surface area contributed by atoms with Crippen molar-refractivity contribution in [3.8, 4) is 0 Å². The number of aromatic nitrogens is 2. The molecular formula is C18H22F3N3O. The zero-order valence-corrected chi connectivity index (χ0v) is 14.1. The third-order valence-corrected chi connectivity index (χ3v) is 4.89. The van der Waals surface area contributed by atoms with E-state index in [2.05, 4.69) is 5.10 Å². The Hall–Kier alpha value is -1.86. The van der Waals surface area contributed by atoms with Gasteiger partial charge in [0.1, 0.15) is 5.69 Å². The highest BCUT2D eigenvalue weighted by molar-refractivity contribution is 5.23. The molecule has 0 bridgehead atoms. The minimum atomic E-state index is -4.42. The van der Waals surface area contributed by atoms with Crippen LogP contribution < -0.4 is 0 Å². The van der Waals surface area contributed by atoms with Crippen LogP contribution in [0.2, 0.25) is 0 Å². The number of benzene rings is 1. The van der Waals surface area contributed by atoms with Crippen LogP contribution in [0.1, 0.15) is 36.1 Å². The van der Waals surface area contributed by atoms with Crippen molar-refractivity contribution in [3.05, 3.63) is 53.3 Å². The van der Waals surface area contributed by atoms with E-state index in [1.165, 1.54) is 13.2 Å². The molecule has 0 aliphatic carbocycles. The molecule has 25 heavy (non-hydrogen) atoms. The summed E-state index contributed by atoms with van der Waals surface area (Å²) in [6.07, 6.45) is -1.30. The van der Waals surface area contributed by atoms with Gasteiger partial charge in [-0.2, -0.15) is 18.3 Å². The Morgan fingerprint density at radius 1 is 1.16 bits per heavy atom. The quantitative estimate of drug-likeness (QED) is 0.920. The maximum absolute atomic E-state index is 13.2. The van der Waals surface area contributed by atoms with Crippen molar-refractivity contribution in [2.45, 2.75) is 37.6 Å². The third kappa shape index (κ3) is 3.88. The lowest BCUT2D eigenvalue weighted by Gasteiger charge is -2.27. The van der Waals surface area contributed by atoms with Gasteiger partial charge in [-0.25, -0.2) is 0 Å². The molecule has 1 N–H and O–H groups in total. The molecule has 3 rings (SSSR count). The highest BCUT2D eigenvalue weighted by Gasteiger charge is 2.38. The van der Waals surface area contributed by atoms with E-state index in [0.717, 1.165) is 16.7 Å². The van der Waals surface area contributed by atoms with Gasteiger partial charge in [0.05, 0.1) is 11.8 Å². The number of alkyl halides is 3. The number of likely N-dealkylation sites (tertiary alicyclic amines) is 1. The smallest absolute Gasteiger partial charge is 0.385 e. The second kappa shape index (κ2) is 6.80. The highest BCUT2D eigenvalue weighted by atomic mass is 19.4. The molecule has 1 aromatic carbocycles. The van der Waals surface area contributed by atoms with Gasteiger partial charge in [0.2, 0.25) is 0 Å². The molecule has 7 heteroatoms. The number of rotatable bonds is 3. The summed E-state index contributed by atoms with van der Waals surface area (Å²) in [7, 11) is 1.31. The zero-order valence-electron chi connectivity index (χ0n) is 14.1. The van der Waals surface area contributed by atoms with Crippen molar-refractivity contribution in [1.29, 1.82) is 0 Å². The van der Waals surface area contributed by atoms with Gasteiger partial charge in [-0.05, 0) is 31.4 Å². The molecule has 2 aromatic rings. The van der Waals surface area contributed by atoms with E-state index in [0.29, 0.717) is 25.9 Å². The number of nitrogens with zero attached hydrogens (tertiary/aromatic N) is 3. The largest absolute Gasteiger partial charge is 0.433 e.